The van der Waals surface area contributed by atoms with Crippen molar-refractivity contribution >= 4 is 15.9 Å². The van der Waals surface area contributed by atoms with Crippen LogP contribution in [0.2, 0.25) is 0 Å². The smallest absolute Gasteiger partial charge is 0.242 e. The summed E-state index contributed by atoms with van der Waals surface area (Å²) in [4.78, 5) is 1.13. The van der Waals surface area contributed by atoms with Gasteiger partial charge in [-0.2, -0.15) is 8.78 Å². The molecule has 0 saturated carbocycles. The fraction of sp³-hybridized carbons (Fsp3) is 0.667. The Bertz CT molecular complexity index is 147. The number of hydrogen-bond acceptors (Lipinski definition) is 1. The summed E-state index contributed by atoms with van der Waals surface area (Å²) in [5.41, 5.74) is 0. The predicted molar refractivity (Wildman–Crippen MR) is 39.2 cm³/mol. The Morgan fingerprint density at radius 1 is 1.60 bits per heavy atom. The second-order valence-corrected chi connectivity index (χ2v) is 3.21. The van der Waals surface area contributed by atoms with Crippen LogP contribution < -0.4 is 0 Å². The zero-order chi connectivity index (χ0) is 7.56. The first-order valence-corrected chi connectivity index (χ1v) is 3.86. The van der Waals surface area contributed by atoms with E-state index in [-0.39, 0.29) is 0 Å². The Balaban J connectivity index is 2.45. The molecule has 1 aliphatic rings. The minimum absolute atomic E-state index is 0.345. The van der Waals surface area contributed by atoms with Gasteiger partial charge >= 0.3 is 0 Å². The van der Waals surface area contributed by atoms with Crippen LogP contribution in [0.4, 0.5) is 8.78 Å². The molecule has 4 heteroatoms. The van der Waals surface area contributed by atoms with Crippen LogP contribution in [-0.4, -0.2) is 24.5 Å². The van der Waals surface area contributed by atoms with Crippen molar-refractivity contribution in [2.24, 2.45) is 0 Å². The van der Waals surface area contributed by atoms with E-state index in [9.17, 15) is 8.78 Å². The van der Waals surface area contributed by atoms with Crippen molar-refractivity contribution in [1.29, 1.82) is 0 Å². The summed E-state index contributed by atoms with van der Waals surface area (Å²) in [7, 11) is 0. The Kier molecular flexibility index (Phi) is 2.80. The van der Waals surface area contributed by atoms with E-state index in [4.69, 9.17) is 0 Å². The van der Waals surface area contributed by atoms with Gasteiger partial charge in [-0.1, -0.05) is 22.0 Å². The molecule has 0 fully saturated rings. The van der Waals surface area contributed by atoms with Gasteiger partial charge in [-0.05, 0) is 6.42 Å². The lowest BCUT2D eigenvalue weighted by Crippen LogP contribution is -2.33. The highest BCUT2D eigenvalue weighted by atomic mass is 79.9. The fourth-order valence-electron chi connectivity index (χ4n) is 0.891. The number of rotatable bonds is 1. The highest BCUT2D eigenvalue weighted by Gasteiger charge is 2.18. The van der Waals surface area contributed by atoms with Gasteiger partial charge in [0.2, 0.25) is 0 Å². The number of alkyl halides is 2. The molecule has 0 bridgehead atoms. The fourth-order valence-corrected chi connectivity index (χ4v) is 1.44. The van der Waals surface area contributed by atoms with Crippen molar-refractivity contribution in [3.8, 4) is 0 Å². The van der Waals surface area contributed by atoms with Crippen LogP contribution in [0.25, 0.3) is 0 Å². The maximum absolute atomic E-state index is 12.0. The van der Waals surface area contributed by atoms with Gasteiger partial charge in [0.25, 0.3) is 6.55 Å². The third-order valence-corrected chi connectivity index (χ3v) is 1.99. The molecule has 1 heterocycles. The molecule has 0 N–H and O–H groups in total. The Morgan fingerprint density at radius 3 is 2.70 bits per heavy atom. The van der Waals surface area contributed by atoms with Gasteiger partial charge in [0.05, 0.1) is 0 Å². The molecule has 0 spiro atoms. The molecule has 1 nitrogen and oxygen atoms in total. The van der Waals surface area contributed by atoms with Gasteiger partial charge in [-0.15, -0.1) is 0 Å². The van der Waals surface area contributed by atoms with E-state index >= 15 is 0 Å². The lowest BCUT2D eigenvalue weighted by molar-refractivity contribution is -0.0209. The van der Waals surface area contributed by atoms with Crippen molar-refractivity contribution in [3.05, 3.63) is 10.6 Å². The van der Waals surface area contributed by atoms with E-state index in [1.165, 1.54) is 0 Å². The first kappa shape index (κ1) is 8.14. The van der Waals surface area contributed by atoms with Crippen LogP contribution in [-0.2, 0) is 0 Å². The number of hydrogen-bond donors (Lipinski definition) is 0. The van der Waals surface area contributed by atoms with Gasteiger partial charge in [0.1, 0.15) is 0 Å². The average Bonchev–Trinajstić information content (AvgIpc) is 1.88. The maximum atomic E-state index is 12.0. The number of halogens is 3. The Morgan fingerprint density at radius 2 is 2.30 bits per heavy atom. The van der Waals surface area contributed by atoms with E-state index in [1.807, 2.05) is 6.08 Å². The average molecular weight is 212 g/mol. The lowest BCUT2D eigenvalue weighted by atomic mass is 10.3. The van der Waals surface area contributed by atoms with Crippen molar-refractivity contribution in [2.75, 3.05) is 13.1 Å². The molecule has 1 aliphatic heterocycles. The van der Waals surface area contributed by atoms with E-state index in [1.54, 1.807) is 0 Å². The summed E-state index contributed by atoms with van der Waals surface area (Å²) in [6, 6.07) is 0. The Labute approximate surface area is 66.8 Å². The molecular weight excluding hydrogens is 204 g/mol. The minimum atomic E-state index is -2.32. The van der Waals surface area contributed by atoms with Crippen molar-refractivity contribution in [2.45, 2.75) is 13.0 Å². The van der Waals surface area contributed by atoms with Gasteiger partial charge in [-0.25, -0.2) is 4.90 Å². The molecule has 0 atom stereocenters. The summed E-state index contributed by atoms with van der Waals surface area (Å²) in [6.07, 6.45) is 2.64. The topological polar surface area (TPSA) is 3.24 Å². The van der Waals surface area contributed by atoms with Gasteiger partial charge in [0.15, 0.2) is 0 Å². The minimum Gasteiger partial charge on any atom is -0.242 e. The molecule has 0 aromatic rings. The zero-order valence-electron chi connectivity index (χ0n) is 5.36. The third-order valence-electron chi connectivity index (χ3n) is 1.41. The second kappa shape index (κ2) is 3.44. The van der Waals surface area contributed by atoms with Crippen LogP contribution >= 0.6 is 15.9 Å². The monoisotopic (exact) mass is 211 g/mol. The Hall–Kier alpha value is 0.0400. The van der Waals surface area contributed by atoms with Crippen molar-refractivity contribution in [1.82, 2.24) is 4.90 Å². The van der Waals surface area contributed by atoms with Crippen LogP contribution in [0.5, 0.6) is 0 Å². The van der Waals surface area contributed by atoms with E-state index in [0.717, 1.165) is 9.38 Å². The summed E-state index contributed by atoms with van der Waals surface area (Å²) in [6.45, 7) is -1.51. The first-order valence-electron chi connectivity index (χ1n) is 3.07. The van der Waals surface area contributed by atoms with E-state index in [2.05, 4.69) is 15.9 Å². The van der Waals surface area contributed by atoms with Gasteiger partial charge < -0.3 is 0 Å². The lowest BCUT2D eigenvalue weighted by Gasteiger charge is -2.23. The molecule has 58 valence electrons. The van der Waals surface area contributed by atoms with Crippen LogP contribution in [0.1, 0.15) is 6.42 Å². The van der Waals surface area contributed by atoms with Crippen molar-refractivity contribution in [3.63, 3.8) is 0 Å². The van der Waals surface area contributed by atoms with E-state index in [0.29, 0.717) is 19.5 Å². The zero-order valence-corrected chi connectivity index (χ0v) is 6.94. The van der Waals surface area contributed by atoms with Crippen LogP contribution in [0.15, 0.2) is 10.6 Å². The molecule has 0 radical (unpaired) electrons. The molecule has 0 aromatic heterocycles. The standard InChI is InChI=1S/C6H8BrF2N/c7-5-2-1-3-10(4-5)6(8)9/h2,6H,1,3-4H2. The normalized spacial score (nSPS) is 21.4. The SMILES string of the molecule is FC(F)N1CCC=C(Br)C1. The quantitative estimate of drug-likeness (QED) is 0.602. The highest BCUT2D eigenvalue weighted by Crippen LogP contribution is 2.17. The predicted octanol–water partition coefficient (Wildman–Crippen LogP) is 2.19. The molecule has 1 rings (SSSR count). The summed E-state index contributed by atoms with van der Waals surface area (Å²) < 4.78 is 24.8. The summed E-state index contributed by atoms with van der Waals surface area (Å²) >= 11 is 3.18. The second-order valence-electron chi connectivity index (χ2n) is 2.19. The largest absolute Gasteiger partial charge is 0.295 e. The molecule has 0 saturated heterocycles. The maximum Gasteiger partial charge on any atom is 0.295 e. The molecule has 10 heavy (non-hydrogen) atoms. The van der Waals surface area contributed by atoms with Gasteiger partial charge in [-0.3, -0.25) is 0 Å². The first-order chi connectivity index (χ1) is 4.70. The molecule has 0 aliphatic carbocycles. The van der Waals surface area contributed by atoms with Crippen molar-refractivity contribution < 1.29 is 8.78 Å². The summed E-state index contributed by atoms with van der Waals surface area (Å²) in [5.74, 6) is 0. The van der Waals surface area contributed by atoms with Crippen LogP contribution in [0, 0.1) is 0 Å². The molecule has 0 aromatic carbocycles. The van der Waals surface area contributed by atoms with Gasteiger partial charge in [0, 0.05) is 17.6 Å². The number of nitrogens with zero attached hydrogens (tertiary/aromatic N) is 1. The molecular formula is C6H8BrF2N. The summed E-state index contributed by atoms with van der Waals surface area (Å²) in [5, 5.41) is 0. The third kappa shape index (κ3) is 2.02. The van der Waals surface area contributed by atoms with E-state index < -0.39 is 6.55 Å². The highest BCUT2D eigenvalue weighted by molar-refractivity contribution is 9.11. The molecule has 0 unspecified atom stereocenters. The molecule has 0 amide bonds. The van der Waals surface area contributed by atoms with Crippen LogP contribution in [0.3, 0.4) is 0 Å².